The fraction of sp³-hybridized carbons (Fsp3) is 0.538. The van der Waals surface area contributed by atoms with Crippen LogP contribution < -0.4 is 5.73 Å². The molecule has 166 valence electrons. The summed E-state index contributed by atoms with van der Waals surface area (Å²) in [5.41, 5.74) is 9.18. The van der Waals surface area contributed by atoms with Crippen molar-refractivity contribution in [1.82, 2.24) is 14.8 Å². The van der Waals surface area contributed by atoms with E-state index in [9.17, 15) is 4.79 Å². The molecule has 5 heteroatoms. The molecule has 1 aromatic carbocycles. The lowest BCUT2D eigenvalue weighted by Gasteiger charge is -2.37. The smallest absolute Gasteiger partial charge is 0.124 e. The van der Waals surface area contributed by atoms with Crippen LogP contribution in [0.2, 0.25) is 0 Å². The van der Waals surface area contributed by atoms with E-state index >= 15 is 0 Å². The highest BCUT2D eigenvalue weighted by molar-refractivity contribution is 5.61. The van der Waals surface area contributed by atoms with Gasteiger partial charge in [-0.25, -0.2) is 4.98 Å². The molecule has 5 nitrogen and oxygen atoms in total. The van der Waals surface area contributed by atoms with E-state index in [1.165, 1.54) is 44.0 Å². The summed E-state index contributed by atoms with van der Waals surface area (Å²) in [6, 6.07) is 14.4. The molecule has 1 atom stereocenters. The first-order chi connectivity index (χ1) is 15.2. The van der Waals surface area contributed by atoms with E-state index in [0.717, 1.165) is 56.9 Å². The highest BCUT2D eigenvalue weighted by Gasteiger charge is 2.26. The molecule has 2 fully saturated rings. The number of benzene rings is 1. The fourth-order valence-electron chi connectivity index (χ4n) is 5.10. The van der Waals surface area contributed by atoms with Gasteiger partial charge in [-0.2, -0.15) is 0 Å². The summed E-state index contributed by atoms with van der Waals surface area (Å²) in [6.45, 7) is 6.40. The average molecular weight is 421 g/mol. The third-order valence-electron chi connectivity index (χ3n) is 7.10. The van der Waals surface area contributed by atoms with E-state index in [0.29, 0.717) is 11.7 Å². The molecule has 1 unspecified atom stereocenters. The van der Waals surface area contributed by atoms with Gasteiger partial charge in [-0.1, -0.05) is 49.6 Å². The predicted molar refractivity (Wildman–Crippen MR) is 127 cm³/mol. The molecule has 1 aliphatic heterocycles. The van der Waals surface area contributed by atoms with Crippen LogP contribution in [0.25, 0.3) is 11.3 Å². The highest BCUT2D eigenvalue weighted by Crippen LogP contribution is 2.29. The lowest BCUT2D eigenvalue weighted by Crippen LogP contribution is -2.49. The molecule has 0 amide bonds. The maximum atomic E-state index is 11.7. The van der Waals surface area contributed by atoms with Crippen molar-refractivity contribution in [3.8, 4) is 11.3 Å². The van der Waals surface area contributed by atoms with Gasteiger partial charge in [0.15, 0.2) is 0 Å². The van der Waals surface area contributed by atoms with Crippen LogP contribution >= 0.6 is 0 Å². The standard InChI is InChI=1S/C26H36N4O/c27-26-8-4-7-25(28-26)23-11-9-21(10-12-23)13-14-29-15-17-30(18-16-29)19-24(20-31)22-5-2-1-3-6-22/h4,7-12,20,22,24H,1-3,5-6,13-19H2,(H2,27,28). The molecule has 0 radical (unpaired) electrons. The van der Waals surface area contributed by atoms with Crippen LogP contribution in [0.15, 0.2) is 42.5 Å². The molecule has 4 rings (SSSR count). The van der Waals surface area contributed by atoms with Gasteiger partial charge in [0.1, 0.15) is 12.1 Å². The average Bonchev–Trinajstić information content (AvgIpc) is 2.83. The Kier molecular flexibility index (Phi) is 7.71. The van der Waals surface area contributed by atoms with E-state index in [4.69, 9.17) is 5.73 Å². The Labute approximate surface area is 186 Å². The number of hydrogen-bond acceptors (Lipinski definition) is 5. The number of nitrogens with zero attached hydrogens (tertiary/aromatic N) is 3. The number of piperazine rings is 1. The van der Waals surface area contributed by atoms with Gasteiger partial charge in [0.25, 0.3) is 0 Å². The van der Waals surface area contributed by atoms with Crippen molar-refractivity contribution in [3.05, 3.63) is 48.0 Å². The minimum Gasteiger partial charge on any atom is -0.384 e. The zero-order chi connectivity index (χ0) is 21.5. The Morgan fingerprint density at radius 2 is 1.68 bits per heavy atom. The second-order valence-corrected chi connectivity index (χ2v) is 9.23. The number of carbonyl (C=O) groups is 1. The van der Waals surface area contributed by atoms with Crippen molar-refractivity contribution < 1.29 is 4.79 Å². The molecule has 2 aromatic rings. The number of carbonyl (C=O) groups excluding carboxylic acids is 1. The van der Waals surface area contributed by atoms with Crippen molar-refractivity contribution in [2.24, 2.45) is 11.8 Å². The molecule has 2 heterocycles. The quantitative estimate of drug-likeness (QED) is 0.657. The summed E-state index contributed by atoms with van der Waals surface area (Å²) in [4.78, 5) is 21.2. The maximum Gasteiger partial charge on any atom is 0.124 e. The third-order valence-corrected chi connectivity index (χ3v) is 7.10. The van der Waals surface area contributed by atoms with E-state index in [1.54, 1.807) is 0 Å². The lowest BCUT2D eigenvalue weighted by atomic mass is 9.80. The zero-order valence-electron chi connectivity index (χ0n) is 18.6. The summed E-state index contributed by atoms with van der Waals surface area (Å²) in [5.74, 6) is 1.41. The Morgan fingerprint density at radius 1 is 0.968 bits per heavy atom. The molecule has 2 N–H and O–H groups in total. The van der Waals surface area contributed by atoms with Gasteiger partial charge in [0, 0.05) is 50.7 Å². The third kappa shape index (κ3) is 6.14. The second-order valence-electron chi connectivity index (χ2n) is 9.23. The minimum absolute atomic E-state index is 0.236. The largest absolute Gasteiger partial charge is 0.384 e. The van der Waals surface area contributed by atoms with Crippen molar-refractivity contribution in [2.45, 2.75) is 38.5 Å². The van der Waals surface area contributed by atoms with Gasteiger partial charge < -0.3 is 20.3 Å². The van der Waals surface area contributed by atoms with Crippen molar-refractivity contribution >= 4 is 12.1 Å². The molecule has 1 aliphatic carbocycles. The molecule has 1 aromatic heterocycles. The summed E-state index contributed by atoms with van der Waals surface area (Å²) >= 11 is 0. The van der Waals surface area contributed by atoms with Crippen LogP contribution in [0.3, 0.4) is 0 Å². The Balaban J connectivity index is 1.21. The summed E-state index contributed by atoms with van der Waals surface area (Å²) in [5, 5.41) is 0. The number of aromatic nitrogens is 1. The van der Waals surface area contributed by atoms with E-state index < -0.39 is 0 Å². The van der Waals surface area contributed by atoms with E-state index in [2.05, 4.69) is 39.0 Å². The molecule has 2 aliphatic rings. The van der Waals surface area contributed by atoms with Crippen molar-refractivity contribution in [1.29, 1.82) is 0 Å². The molecule has 31 heavy (non-hydrogen) atoms. The Hall–Kier alpha value is -2.24. The number of hydrogen-bond donors (Lipinski definition) is 1. The van der Waals surface area contributed by atoms with Gasteiger partial charge in [0.05, 0.1) is 5.69 Å². The summed E-state index contributed by atoms with van der Waals surface area (Å²) < 4.78 is 0. The SMILES string of the molecule is Nc1cccc(-c2ccc(CCN3CCN(CC(C=O)C4CCCCC4)CC3)cc2)n1. The summed E-state index contributed by atoms with van der Waals surface area (Å²) in [7, 11) is 0. The van der Waals surface area contributed by atoms with Gasteiger partial charge in [0.2, 0.25) is 0 Å². The molecule has 1 saturated carbocycles. The fourth-order valence-corrected chi connectivity index (χ4v) is 5.10. The normalized spacial score (nSPS) is 19.9. The zero-order valence-corrected chi connectivity index (χ0v) is 18.6. The number of rotatable bonds is 8. The van der Waals surface area contributed by atoms with Crippen LogP contribution in [0.5, 0.6) is 0 Å². The molecular weight excluding hydrogens is 384 g/mol. The number of nitrogen functional groups attached to an aromatic ring is 1. The van der Waals surface area contributed by atoms with Crippen LogP contribution in [-0.4, -0.2) is 60.3 Å². The van der Waals surface area contributed by atoms with Crippen molar-refractivity contribution in [2.75, 3.05) is 45.0 Å². The molecule has 0 bridgehead atoms. The number of aldehydes is 1. The summed E-state index contributed by atoms with van der Waals surface area (Å²) in [6.07, 6.45) is 8.75. The first kappa shape index (κ1) is 22.0. The predicted octanol–water partition coefficient (Wildman–Crippen LogP) is 3.89. The van der Waals surface area contributed by atoms with Crippen LogP contribution in [0.1, 0.15) is 37.7 Å². The van der Waals surface area contributed by atoms with E-state index in [-0.39, 0.29) is 5.92 Å². The monoisotopic (exact) mass is 420 g/mol. The number of anilines is 1. The van der Waals surface area contributed by atoms with Crippen LogP contribution in [-0.2, 0) is 11.2 Å². The first-order valence-electron chi connectivity index (χ1n) is 11.9. The molecular formula is C26H36N4O. The van der Waals surface area contributed by atoms with Crippen LogP contribution in [0, 0.1) is 11.8 Å². The highest BCUT2D eigenvalue weighted by atomic mass is 16.1. The Morgan fingerprint density at radius 3 is 2.35 bits per heavy atom. The molecule has 1 saturated heterocycles. The van der Waals surface area contributed by atoms with E-state index in [1.807, 2.05) is 18.2 Å². The topological polar surface area (TPSA) is 62.5 Å². The molecule has 0 spiro atoms. The second kappa shape index (κ2) is 10.9. The Bertz CT molecular complexity index is 824. The van der Waals surface area contributed by atoms with Gasteiger partial charge in [-0.3, -0.25) is 0 Å². The minimum atomic E-state index is 0.236. The number of pyridine rings is 1. The van der Waals surface area contributed by atoms with Crippen molar-refractivity contribution in [3.63, 3.8) is 0 Å². The van der Waals surface area contributed by atoms with Gasteiger partial charge >= 0.3 is 0 Å². The number of nitrogens with two attached hydrogens (primary N) is 1. The maximum absolute atomic E-state index is 11.7. The van der Waals surface area contributed by atoms with Gasteiger partial charge in [-0.05, 0) is 42.9 Å². The lowest BCUT2D eigenvalue weighted by molar-refractivity contribution is -0.113. The van der Waals surface area contributed by atoms with Gasteiger partial charge in [-0.15, -0.1) is 0 Å². The first-order valence-corrected chi connectivity index (χ1v) is 11.9. The van der Waals surface area contributed by atoms with Crippen LogP contribution in [0.4, 0.5) is 5.82 Å².